The Morgan fingerprint density at radius 3 is 2.95 bits per heavy atom. The standard InChI is InChI=1S/C13H10ClN3O4/c14-7-1-2-9-6(3-7)4-10(21-9)12(18)15-11-5-8(13(19)20)16-17-11/h1-3,5,10H,4H2,(H,19,20)(H2,15,16,17,18). The number of carbonyl (C=O) groups excluding carboxylic acids is 1. The number of benzene rings is 1. The predicted octanol–water partition coefficient (Wildman–Crippen LogP) is 1.70. The number of nitrogens with zero attached hydrogens (tertiary/aromatic N) is 1. The molecular formula is C13H10ClN3O4. The maximum atomic E-state index is 12.1. The molecule has 3 rings (SSSR count). The third-order valence-corrected chi connectivity index (χ3v) is 3.28. The maximum absolute atomic E-state index is 12.1. The summed E-state index contributed by atoms with van der Waals surface area (Å²) in [5, 5.41) is 17.9. The lowest BCUT2D eigenvalue weighted by molar-refractivity contribution is -0.122. The zero-order valence-electron chi connectivity index (χ0n) is 10.6. The smallest absolute Gasteiger partial charge is 0.353 e. The molecule has 1 aliphatic heterocycles. The van der Waals surface area contributed by atoms with Crippen LogP contribution in [0.25, 0.3) is 0 Å². The van der Waals surface area contributed by atoms with Crippen molar-refractivity contribution in [1.82, 2.24) is 10.2 Å². The van der Waals surface area contributed by atoms with Crippen LogP contribution in [0.5, 0.6) is 5.75 Å². The number of fused-ring (bicyclic) bond motifs is 1. The first-order chi connectivity index (χ1) is 10.0. The molecule has 0 spiro atoms. The Bertz CT molecular complexity index is 728. The Morgan fingerprint density at radius 1 is 1.43 bits per heavy atom. The molecule has 2 heterocycles. The summed E-state index contributed by atoms with van der Waals surface area (Å²) in [6.45, 7) is 0. The van der Waals surface area contributed by atoms with Crippen molar-refractivity contribution in [2.75, 3.05) is 5.32 Å². The van der Waals surface area contributed by atoms with Crippen molar-refractivity contribution >= 4 is 29.3 Å². The van der Waals surface area contributed by atoms with E-state index in [4.69, 9.17) is 21.4 Å². The zero-order valence-corrected chi connectivity index (χ0v) is 11.3. The molecule has 0 bridgehead atoms. The van der Waals surface area contributed by atoms with Crippen molar-refractivity contribution in [2.45, 2.75) is 12.5 Å². The van der Waals surface area contributed by atoms with E-state index in [1.807, 2.05) is 0 Å². The van der Waals surface area contributed by atoms with Crippen LogP contribution in [0.3, 0.4) is 0 Å². The monoisotopic (exact) mass is 307 g/mol. The number of carboxylic acids is 1. The normalized spacial score (nSPS) is 16.1. The van der Waals surface area contributed by atoms with E-state index in [1.165, 1.54) is 6.07 Å². The van der Waals surface area contributed by atoms with Crippen molar-refractivity contribution < 1.29 is 19.4 Å². The number of aromatic amines is 1. The number of ether oxygens (including phenoxy) is 1. The van der Waals surface area contributed by atoms with Crippen molar-refractivity contribution in [3.63, 3.8) is 0 Å². The lowest BCUT2D eigenvalue weighted by atomic mass is 10.1. The minimum absolute atomic E-state index is 0.104. The second kappa shape index (κ2) is 5.10. The molecule has 0 aliphatic carbocycles. The summed E-state index contributed by atoms with van der Waals surface area (Å²) in [6, 6.07) is 6.38. The van der Waals surface area contributed by atoms with Crippen LogP contribution in [-0.4, -0.2) is 33.3 Å². The summed E-state index contributed by atoms with van der Waals surface area (Å²) in [4.78, 5) is 22.8. The van der Waals surface area contributed by atoms with Gasteiger partial charge in [0, 0.05) is 17.5 Å². The first-order valence-corrected chi connectivity index (χ1v) is 6.45. The highest BCUT2D eigenvalue weighted by Gasteiger charge is 2.29. The summed E-state index contributed by atoms with van der Waals surface area (Å²) < 4.78 is 5.53. The molecule has 1 atom stereocenters. The van der Waals surface area contributed by atoms with Gasteiger partial charge in [0.25, 0.3) is 5.91 Å². The predicted molar refractivity (Wildman–Crippen MR) is 73.7 cm³/mol. The number of aromatic nitrogens is 2. The number of amides is 1. The van der Waals surface area contributed by atoms with E-state index in [9.17, 15) is 9.59 Å². The highest BCUT2D eigenvalue weighted by atomic mass is 35.5. The van der Waals surface area contributed by atoms with Gasteiger partial charge in [-0.15, -0.1) is 0 Å². The first kappa shape index (κ1) is 13.4. The Kier molecular flexibility index (Phi) is 3.26. The van der Waals surface area contributed by atoms with Gasteiger partial charge < -0.3 is 15.2 Å². The second-order valence-electron chi connectivity index (χ2n) is 4.52. The van der Waals surface area contributed by atoms with Gasteiger partial charge in [-0.3, -0.25) is 9.89 Å². The number of hydrogen-bond acceptors (Lipinski definition) is 4. The van der Waals surface area contributed by atoms with Gasteiger partial charge in [0.15, 0.2) is 11.9 Å². The number of aromatic carboxylic acids is 1. The van der Waals surface area contributed by atoms with Gasteiger partial charge in [0.2, 0.25) is 0 Å². The maximum Gasteiger partial charge on any atom is 0.353 e. The van der Waals surface area contributed by atoms with Crippen LogP contribution in [0.4, 0.5) is 5.82 Å². The average Bonchev–Trinajstić information content (AvgIpc) is 3.04. The van der Waals surface area contributed by atoms with E-state index >= 15 is 0 Å². The molecule has 2 aromatic rings. The van der Waals surface area contributed by atoms with Crippen LogP contribution in [0, 0.1) is 0 Å². The molecule has 1 amide bonds. The molecule has 21 heavy (non-hydrogen) atoms. The van der Waals surface area contributed by atoms with E-state index in [2.05, 4.69) is 15.5 Å². The minimum Gasteiger partial charge on any atom is -0.480 e. The summed E-state index contributed by atoms with van der Waals surface area (Å²) in [6.07, 6.45) is -0.291. The Labute approximate surface area is 123 Å². The molecule has 1 aromatic carbocycles. The van der Waals surface area contributed by atoms with Gasteiger partial charge in [0.05, 0.1) is 0 Å². The lowest BCUT2D eigenvalue weighted by Gasteiger charge is -2.09. The van der Waals surface area contributed by atoms with E-state index in [0.717, 1.165) is 5.56 Å². The summed E-state index contributed by atoms with van der Waals surface area (Å²) in [5.41, 5.74) is 0.753. The molecule has 1 aliphatic rings. The number of carbonyl (C=O) groups is 2. The van der Waals surface area contributed by atoms with Crippen molar-refractivity contribution in [3.8, 4) is 5.75 Å². The molecule has 0 radical (unpaired) electrons. The number of H-pyrrole nitrogens is 1. The Morgan fingerprint density at radius 2 is 2.24 bits per heavy atom. The van der Waals surface area contributed by atoms with Gasteiger partial charge in [-0.2, -0.15) is 5.10 Å². The van der Waals surface area contributed by atoms with Crippen LogP contribution in [0.15, 0.2) is 24.3 Å². The third kappa shape index (κ3) is 2.68. The molecule has 108 valence electrons. The largest absolute Gasteiger partial charge is 0.480 e. The zero-order chi connectivity index (χ0) is 15.0. The third-order valence-electron chi connectivity index (χ3n) is 3.05. The molecule has 8 heteroatoms. The fourth-order valence-electron chi connectivity index (χ4n) is 2.07. The molecule has 0 saturated heterocycles. The van der Waals surface area contributed by atoms with Crippen LogP contribution in [0.1, 0.15) is 16.1 Å². The fourth-order valence-corrected chi connectivity index (χ4v) is 2.26. The van der Waals surface area contributed by atoms with E-state index in [1.54, 1.807) is 18.2 Å². The number of hydrogen-bond donors (Lipinski definition) is 3. The number of halogens is 1. The number of anilines is 1. The molecule has 1 aromatic heterocycles. The lowest BCUT2D eigenvalue weighted by Crippen LogP contribution is -2.31. The minimum atomic E-state index is -1.15. The number of nitrogens with one attached hydrogen (secondary N) is 2. The molecule has 7 nitrogen and oxygen atoms in total. The fraction of sp³-hybridized carbons (Fsp3) is 0.154. The van der Waals surface area contributed by atoms with Crippen LogP contribution in [0.2, 0.25) is 5.02 Å². The van der Waals surface area contributed by atoms with Crippen LogP contribution in [-0.2, 0) is 11.2 Å². The molecule has 3 N–H and O–H groups in total. The Balaban J connectivity index is 1.68. The second-order valence-corrected chi connectivity index (χ2v) is 4.96. The Hall–Kier alpha value is -2.54. The number of rotatable bonds is 3. The first-order valence-electron chi connectivity index (χ1n) is 6.07. The van der Waals surface area contributed by atoms with E-state index < -0.39 is 18.0 Å². The average molecular weight is 308 g/mol. The topological polar surface area (TPSA) is 104 Å². The van der Waals surface area contributed by atoms with Gasteiger partial charge in [0.1, 0.15) is 11.4 Å². The highest BCUT2D eigenvalue weighted by Crippen LogP contribution is 2.31. The number of carboxylic acid groups (broad SMARTS) is 1. The van der Waals surface area contributed by atoms with Gasteiger partial charge in [-0.05, 0) is 23.8 Å². The molecule has 1 unspecified atom stereocenters. The van der Waals surface area contributed by atoms with Crippen LogP contribution < -0.4 is 10.1 Å². The van der Waals surface area contributed by atoms with E-state index in [0.29, 0.717) is 17.2 Å². The molecular weight excluding hydrogens is 298 g/mol. The summed E-state index contributed by atoms with van der Waals surface area (Å²) >= 11 is 5.89. The van der Waals surface area contributed by atoms with Crippen LogP contribution >= 0.6 is 11.6 Å². The molecule has 0 fully saturated rings. The van der Waals surface area contributed by atoms with Crippen molar-refractivity contribution in [3.05, 3.63) is 40.5 Å². The molecule has 0 saturated carbocycles. The van der Waals surface area contributed by atoms with Crippen molar-refractivity contribution in [1.29, 1.82) is 0 Å². The summed E-state index contributed by atoms with van der Waals surface area (Å²) in [7, 11) is 0. The summed E-state index contributed by atoms with van der Waals surface area (Å²) in [5.74, 6) is -0.796. The van der Waals surface area contributed by atoms with Crippen molar-refractivity contribution in [2.24, 2.45) is 0 Å². The SMILES string of the molecule is O=C(O)c1cc(NC(=O)C2Cc3cc(Cl)ccc3O2)n[nH]1. The van der Waals surface area contributed by atoms with E-state index in [-0.39, 0.29) is 11.5 Å². The highest BCUT2D eigenvalue weighted by molar-refractivity contribution is 6.30. The van der Waals surface area contributed by atoms with Gasteiger partial charge >= 0.3 is 5.97 Å². The van der Waals surface area contributed by atoms with Gasteiger partial charge in [-0.1, -0.05) is 11.6 Å². The quantitative estimate of drug-likeness (QED) is 0.800. The van der Waals surface area contributed by atoms with Gasteiger partial charge in [-0.25, -0.2) is 4.79 Å².